The van der Waals surface area contributed by atoms with Crippen LogP contribution in [-0.4, -0.2) is 155 Å². The molecule has 1 aromatic heterocycles. The molecule has 0 saturated carbocycles. The highest BCUT2D eigenvalue weighted by atomic mass is 16.8. The molecule has 2 aromatic carbocycles. The SMILES string of the molecule is CC1OC(Oc2cc(O)c3c(=O)c(OC4OCC(O)C(O)C4OC4OC(CO)C(O)C(O)C4O)c(-c4ccc(O)cc4)oc3c2)C(O)C(O)C1O. The number of rotatable bonds is 8. The molecule has 11 N–H and O–H groups in total. The number of benzene rings is 2. The Bertz CT molecular complexity index is 1730. The number of aromatic hydroxyl groups is 2. The average molecular weight is 727 g/mol. The van der Waals surface area contributed by atoms with Gasteiger partial charge in [0.1, 0.15) is 83.2 Å². The zero-order valence-corrected chi connectivity index (χ0v) is 26.6. The van der Waals surface area contributed by atoms with Gasteiger partial charge in [-0.05, 0) is 31.2 Å². The average Bonchev–Trinajstić information content (AvgIpc) is 3.10. The summed E-state index contributed by atoms with van der Waals surface area (Å²) >= 11 is 0. The van der Waals surface area contributed by atoms with Crippen molar-refractivity contribution in [2.45, 2.75) is 92.9 Å². The summed E-state index contributed by atoms with van der Waals surface area (Å²) in [7, 11) is 0. The Hall–Kier alpha value is -3.67. The molecular formula is C32H38O19. The summed E-state index contributed by atoms with van der Waals surface area (Å²) in [6, 6.07) is 7.41. The molecule has 6 rings (SSSR count). The second kappa shape index (κ2) is 14.8. The van der Waals surface area contributed by atoms with Crippen molar-refractivity contribution in [1.82, 2.24) is 0 Å². The number of aliphatic hydroxyl groups excluding tert-OH is 9. The minimum absolute atomic E-state index is 0.146. The van der Waals surface area contributed by atoms with E-state index in [2.05, 4.69) is 0 Å². The number of aliphatic hydroxyl groups is 9. The molecule has 4 heterocycles. The van der Waals surface area contributed by atoms with Crippen molar-refractivity contribution < 1.29 is 89.0 Å². The minimum Gasteiger partial charge on any atom is -0.508 e. The van der Waals surface area contributed by atoms with Gasteiger partial charge in [0.05, 0.1) is 19.3 Å². The number of fused-ring (bicyclic) bond motifs is 1. The van der Waals surface area contributed by atoms with Gasteiger partial charge in [-0.1, -0.05) is 0 Å². The highest BCUT2D eigenvalue weighted by Gasteiger charge is 2.50. The summed E-state index contributed by atoms with van der Waals surface area (Å²) in [5, 5.41) is 113. The molecule has 0 aliphatic carbocycles. The summed E-state index contributed by atoms with van der Waals surface area (Å²) in [4.78, 5) is 14.1. The Morgan fingerprint density at radius 3 is 2.12 bits per heavy atom. The van der Waals surface area contributed by atoms with Crippen LogP contribution in [0, 0.1) is 0 Å². The molecule has 3 aliphatic heterocycles. The van der Waals surface area contributed by atoms with Crippen molar-refractivity contribution in [2.24, 2.45) is 0 Å². The van der Waals surface area contributed by atoms with Gasteiger partial charge in [-0.15, -0.1) is 0 Å². The Balaban J connectivity index is 1.38. The maximum absolute atomic E-state index is 14.1. The van der Waals surface area contributed by atoms with Crippen LogP contribution in [0.5, 0.6) is 23.0 Å². The highest BCUT2D eigenvalue weighted by molar-refractivity contribution is 5.88. The van der Waals surface area contributed by atoms with Gasteiger partial charge < -0.3 is 89.0 Å². The van der Waals surface area contributed by atoms with Crippen LogP contribution >= 0.6 is 0 Å². The molecular weight excluding hydrogens is 688 g/mol. The lowest BCUT2D eigenvalue weighted by Gasteiger charge is -2.44. The van der Waals surface area contributed by atoms with Crippen LogP contribution in [0.4, 0.5) is 0 Å². The largest absolute Gasteiger partial charge is 0.508 e. The fraction of sp³-hybridized carbons (Fsp3) is 0.531. The summed E-state index contributed by atoms with van der Waals surface area (Å²) in [5.41, 5.74) is -1.13. The summed E-state index contributed by atoms with van der Waals surface area (Å²) in [5.74, 6) is -1.96. The first-order valence-electron chi connectivity index (χ1n) is 15.8. The van der Waals surface area contributed by atoms with E-state index in [9.17, 15) is 61.0 Å². The number of phenolic OH excluding ortho intramolecular Hbond substituents is 2. The van der Waals surface area contributed by atoms with E-state index in [0.29, 0.717) is 0 Å². The van der Waals surface area contributed by atoms with E-state index in [-0.39, 0.29) is 28.4 Å². The van der Waals surface area contributed by atoms with Crippen LogP contribution in [0.3, 0.4) is 0 Å². The number of phenols is 2. The van der Waals surface area contributed by atoms with E-state index in [4.69, 9.17) is 32.8 Å². The number of hydrogen-bond acceptors (Lipinski definition) is 19. The topological polar surface area (TPSA) is 308 Å². The van der Waals surface area contributed by atoms with Crippen molar-refractivity contribution in [3.63, 3.8) is 0 Å². The fourth-order valence-corrected chi connectivity index (χ4v) is 5.94. The normalized spacial score (nSPS) is 37.3. The Labute approximate surface area is 287 Å². The van der Waals surface area contributed by atoms with Gasteiger partial charge in [-0.3, -0.25) is 4.79 Å². The quantitative estimate of drug-likeness (QED) is 0.108. The molecule has 3 aliphatic rings. The first-order valence-corrected chi connectivity index (χ1v) is 15.8. The lowest BCUT2D eigenvalue weighted by Crippen LogP contribution is -2.63. The lowest BCUT2D eigenvalue weighted by molar-refractivity contribution is -0.348. The van der Waals surface area contributed by atoms with E-state index in [1.165, 1.54) is 37.3 Å². The third kappa shape index (κ3) is 7.09. The predicted octanol–water partition coefficient (Wildman–Crippen LogP) is -3.28. The molecule has 3 saturated heterocycles. The van der Waals surface area contributed by atoms with Gasteiger partial charge in [0.15, 0.2) is 18.2 Å². The molecule has 0 bridgehead atoms. The van der Waals surface area contributed by atoms with Crippen molar-refractivity contribution >= 4 is 11.0 Å². The molecule has 19 nitrogen and oxygen atoms in total. The fourth-order valence-electron chi connectivity index (χ4n) is 5.94. The first-order chi connectivity index (χ1) is 24.2. The second-order valence-electron chi connectivity index (χ2n) is 12.4. The van der Waals surface area contributed by atoms with Crippen molar-refractivity contribution in [1.29, 1.82) is 0 Å². The number of hydrogen-bond donors (Lipinski definition) is 11. The molecule has 14 atom stereocenters. The lowest BCUT2D eigenvalue weighted by atomic mass is 9.99. The van der Waals surface area contributed by atoms with Crippen molar-refractivity contribution in [3.8, 4) is 34.3 Å². The summed E-state index contributed by atoms with van der Waals surface area (Å²) in [6.45, 7) is 0.104. The monoisotopic (exact) mass is 726 g/mol. The summed E-state index contributed by atoms with van der Waals surface area (Å²) in [6.07, 6.45) is -22.8. The van der Waals surface area contributed by atoms with Crippen molar-refractivity contribution in [2.75, 3.05) is 13.2 Å². The molecule has 51 heavy (non-hydrogen) atoms. The Kier molecular flexibility index (Phi) is 10.7. The standard InChI is InChI=1S/C32H38O19/c1-10-19(37)23(41)25(43)30(46-10)47-13-6-14(35)18-16(7-13)48-27(11-2-4-12(34)5-3-11)28(22(18)40)50-32-29(20(38)15(36)9-45-32)51-31-26(44)24(42)21(39)17(8-33)49-31/h2-7,10,15,17,19-21,23-26,29-39,41-44H,8-9H2,1H3. The van der Waals surface area contributed by atoms with Crippen LogP contribution in [0.15, 0.2) is 45.6 Å². The van der Waals surface area contributed by atoms with E-state index in [0.717, 1.165) is 6.07 Å². The maximum atomic E-state index is 14.1. The van der Waals surface area contributed by atoms with Crippen LogP contribution < -0.4 is 14.9 Å². The summed E-state index contributed by atoms with van der Waals surface area (Å²) < 4.78 is 39.7. The van der Waals surface area contributed by atoms with Gasteiger partial charge in [0, 0.05) is 17.7 Å². The van der Waals surface area contributed by atoms with Crippen LogP contribution in [0.25, 0.3) is 22.3 Å². The van der Waals surface area contributed by atoms with E-state index in [1.54, 1.807) is 0 Å². The minimum atomic E-state index is -1.92. The molecule has 0 radical (unpaired) electrons. The molecule has 280 valence electrons. The van der Waals surface area contributed by atoms with E-state index < -0.39 is 122 Å². The first kappa shape index (κ1) is 37.1. The van der Waals surface area contributed by atoms with Crippen LogP contribution in [-0.2, 0) is 18.9 Å². The van der Waals surface area contributed by atoms with E-state index in [1.807, 2.05) is 0 Å². The smallest absolute Gasteiger partial charge is 0.239 e. The van der Waals surface area contributed by atoms with Crippen LogP contribution in [0.2, 0.25) is 0 Å². The maximum Gasteiger partial charge on any atom is 0.239 e. The van der Waals surface area contributed by atoms with Gasteiger partial charge in [-0.2, -0.15) is 0 Å². The molecule has 14 unspecified atom stereocenters. The number of ether oxygens (including phenoxy) is 6. The molecule has 19 heteroatoms. The predicted molar refractivity (Wildman–Crippen MR) is 165 cm³/mol. The molecule has 3 fully saturated rings. The molecule has 0 spiro atoms. The zero-order valence-electron chi connectivity index (χ0n) is 26.6. The Morgan fingerprint density at radius 2 is 1.43 bits per heavy atom. The van der Waals surface area contributed by atoms with Crippen LogP contribution in [0.1, 0.15) is 6.92 Å². The van der Waals surface area contributed by atoms with Gasteiger partial charge in [0.25, 0.3) is 0 Å². The van der Waals surface area contributed by atoms with Crippen molar-refractivity contribution in [3.05, 3.63) is 46.6 Å². The van der Waals surface area contributed by atoms with Gasteiger partial charge >= 0.3 is 0 Å². The third-order valence-electron chi connectivity index (χ3n) is 8.90. The highest BCUT2D eigenvalue weighted by Crippen LogP contribution is 2.39. The zero-order chi connectivity index (χ0) is 36.9. The third-order valence-corrected chi connectivity index (χ3v) is 8.90. The Morgan fingerprint density at radius 1 is 0.765 bits per heavy atom. The van der Waals surface area contributed by atoms with Gasteiger partial charge in [-0.25, -0.2) is 0 Å². The second-order valence-corrected chi connectivity index (χ2v) is 12.4. The molecule has 0 amide bonds. The van der Waals surface area contributed by atoms with E-state index >= 15 is 0 Å². The molecule has 3 aromatic rings. The van der Waals surface area contributed by atoms with Gasteiger partial charge in [0.2, 0.25) is 23.8 Å².